The Hall–Kier alpha value is -4.70. The highest BCUT2D eigenvalue weighted by atomic mass is 16.6. The van der Waals surface area contributed by atoms with Gasteiger partial charge in [-0.1, -0.05) is 93.4 Å². The summed E-state index contributed by atoms with van der Waals surface area (Å²) in [5, 5.41) is 3.99. The zero-order valence-electron chi connectivity index (χ0n) is 43.8. The third kappa shape index (κ3) is 12.7. The van der Waals surface area contributed by atoms with Crippen LogP contribution in [0, 0.1) is 0 Å². The first-order valence-corrected chi connectivity index (χ1v) is 27.2. The normalized spacial score (nSPS) is 17.2. The number of hydrogen-bond acceptors (Lipinski definition) is 11. The van der Waals surface area contributed by atoms with Gasteiger partial charge < -0.3 is 42.9 Å². The summed E-state index contributed by atoms with van der Waals surface area (Å²) in [6.07, 6.45) is 13.9. The molecule has 7 rings (SSSR count). The summed E-state index contributed by atoms with van der Waals surface area (Å²) in [5.74, 6) is 1.01. The molecule has 2 amide bonds. The number of unbranched alkanes of at least 4 members (excludes halogenated alkanes) is 7. The maximum Gasteiger partial charge on any atom is 0.276 e. The van der Waals surface area contributed by atoms with Crippen LogP contribution in [0.25, 0.3) is 49.5 Å². The number of benzene rings is 3. The van der Waals surface area contributed by atoms with Gasteiger partial charge >= 0.3 is 0 Å². The third-order valence-corrected chi connectivity index (χ3v) is 13.3. The van der Waals surface area contributed by atoms with Gasteiger partial charge in [-0.3, -0.25) is 14.2 Å². The molecule has 2 aliphatic rings. The Balaban J connectivity index is 1.49. The highest BCUT2D eigenvalue weighted by Crippen LogP contribution is 2.47. The van der Waals surface area contributed by atoms with Crippen LogP contribution in [0.2, 0.25) is 0 Å². The van der Waals surface area contributed by atoms with Crippen LogP contribution in [-0.2, 0) is 28.4 Å². The Morgan fingerprint density at radius 2 is 1.15 bits per heavy atom. The molecule has 3 atom stereocenters. The molecule has 3 aromatic carbocycles. The Kier molecular flexibility index (Phi) is 20.9. The van der Waals surface area contributed by atoms with Crippen molar-refractivity contribution in [2.24, 2.45) is 0 Å². The van der Waals surface area contributed by atoms with Crippen LogP contribution in [0.4, 0.5) is 0 Å². The van der Waals surface area contributed by atoms with E-state index in [4.69, 9.17) is 37.9 Å². The van der Waals surface area contributed by atoms with Gasteiger partial charge in [-0.15, -0.1) is 0 Å². The summed E-state index contributed by atoms with van der Waals surface area (Å²) < 4.78 is 53.9. The van der Waals surface area contributed by atoms with Crippen LogP contribution in [0.15, 0.2) is 42.5 Å². The Morgan fingerprint density at radius 1 is 0.620 bits per heavy atom. The first-order chi connectivity index (χ1) is 34.8. The zero-order chi connectivity index (χ0) is 50.1. The number of hydrazine groups is 1. The lowest BCUT2D eigenvalue weighted by Gasteiger charge is -2.37. The summed E-state index contributed by atoms with van der Waals surface area (Å²) in [6, 6.07) is 11.4. The number of nitrogens with zero attached hydrogens (tertiary/aromatic N) is 2. The van der Waals surface area contributed by atoms with Crippen molar-refractivity contribution in [3.8, 4) is 11.5 Å². The van der Waals surface area contributed by atoms with Crippen molar-refractivity contribution in [3.05, 3.63) is 53.6 Å². The summed E-state index contributed by atoms with van der Waals surface area (Å²) >= 11 is 0. The molecule has 0 radical (unpaired) electrons. The number of H-pyrrole nitrogens is 1. The lowest BCUT2D eigenvalue weighted by molar-refractivity contribution is -0.135. The van der Waals surface area contributed by atoms with E-state index in [0.29, 0.717) is 103 Å². The monoisotopic (exact) mass is 983 g/mol. The number of aromatic amines is 1. The van der Waals surface area contributed by atoms with Gasteiger partial charge in [0.2, 0.25) is 0 Å². The van der Waals surface area contributed by atoms with E-state index in [2.05, 4.69) is 63.4 Å². The minimum absolute atomic E-state index is 0.262. The Bertz CT molecular complexity index is 2520. The number of rotatable bonds is 34. The number of hydrogen-bond donors (Lipinski definition) is 2. The molecule has 2 aromatic heterocycles. The SMILES string of the molecule is CCCCOCC(COCCCC)NN1C(=O)c2c(c3c4ccc(OCCCC)cc4n(C4=C[C@@H](OCCCC)C(OCCCC)C(COCCCC)O4)c3c3[nH]c4cc(OCCCC)ccc4c23)C1=O. The van der Waals surface area contributed by atoms with Crippen molar-refractivity contribution in [3.63, 3.8) is 0 Å². The number of ether oxygens (including phenoxy) is 8. The fourth-order valence-electron chi connectivity index (χ4n) is 9.29. The predicted molar refractivity (Wildman–Crippen MR) is 283 cm³/mol. The van der Waals surface area contributed by atoms with Crippen LogP contribution >= 0.6 is 0 Å². The van der Waals surface area contributed by atoms with Gasteiger partial charge in [0.15, 0.2) is 12.0 Å². The van der Waals surface area contributed by atoms with Gasteiger partial charge in [-0.2, -0.15) is 0 Å². The summed E-state index contributed by atoms with van der Waals surface area (Å²) in [7, 11) is 0. The highest BCUT2D eigenvalue weighted by Gasteiger charge is 2.44. The smallest absolute Gasteiger partial charge is 0.276 e. The molecule has 0 spiro atoms. The lowest BCUT2D eigenvalue weighted by atomic mass is 9.96. The van der Waals surface area contributed by atoms with Crippen LogP contribution in [-0.4, -0.2) is 117 Å². The van der Waals surface area contributed by atoms with Crippen molar-refractivity contribution in [2.45, 2.75) is 163 Å². The van der Waals surface area contributed by atoms with E-state index < -0.39 is 36.2 Å². The van der Waals surface area contributed by atoms with Gasteiger partial charge in [0.25, 0.3) is 11.8 Å². The van der Waals surface area contributed by atoms with Crippen molar-refractivity contribution in [2.75, 3.05) is 66.1 Å². The molecule has 2 N–H and O–H groups in total. The minimum Gasteiger partial charge on any atom is -0.494 e. The maximum atomic E-state index is 15.5. The second kappa shape index (κ2) is 27.4. The summed E-state index contributed by atoms with van der Waals surface area (Å²) in [4.78, 5) is 34.5. The molecule has 2 aliphatic heterocycles. The number of nitrogens with one attached hydrogen (secondary N) is 2. The average Bonchev–Trinajstić information content (AvgIpc) is 4.00. The third-order valence-electron chi connectivity index (χ3n) is 13.3. The Morgan fingerprint density at radius 3 is 1.77 bits per heavy atom. The van der Waals surface area contributed by atoms with Crippen molar-refractivity contribution >= 4 is 61.3 Å². The topological polar surface area (TPSA) is 144 Å². The van der Waals surface area contributed by atoms with Crippen molar-refractivity contribution in [1.82, 2.24) is 20.0 Å². The van der Waals surface area contributed by atoms with E-state index in [1.165, 1.54) is 5.01 Å². The van der Waals surface area contributed by atoms with Crippen LogP contribution in [0.5, 0.6) is 11.5 Å². The average molecular weight is 983 g/mol. The van der Waals surface area contributed by atoms with E-state index in [-0.39, 0.29) is 13.2 Å². The molecule has 4 heterocycles. The predicted octanol–water partition coefficient (Wildman–Crippen LogP) is 12.3. The van der Waals surface area contributed by atoms with Gasteiger partial charge in [0.05, 0.1) is 72.3 Å². The van der Waals surface area contributed by atoms with E-state index in [1.54, 1.807) is 0 Å². The molecule has 390 valence electrons. The largest absolute Gasteiger partial charge is 0.494 e. The quantitative estimate of drug-likeness (QED) is 0.0300. The van der Waals surface area contributed by atoms with Crippen LogP contribution < -0.4 is 14.9 Å². The molecule has 0 bridgehead atoms. The minimum atomic E-state index is -0.527. The zero-order valence-corrected chi connectivity index (χ0v) is 43.8. The molecule has 0 saturated carbocycles. The van der Waals surface area contributed by atoms with Gasteiger partial charge in [-0.25, -0.2) is 10.4 Å². The molecule has 71 heavy (non-hydrogen) atoms. The summed E-state index contributed by atoms with van der Waals surface area (Å²) in [5.41, 5.74) is 6.83. The molecular weight excluding hydrogens is 901 g/mol. The molecular formula is C57H82N4O10. The molecule has 5 aromatic rings. The van der Waals surface area contributed by atoms with Gasteiger partial charge in [0, 0.05) is 72.8 Å². The Labute approximate surface area is 421 Å². The van der Waals surface area contributed by atoms with Crippen molar-refractivity contribution < 1.29 is 47.5 Å². The summed E-state index contributed by atoms with van der Waals surface area (Å²) in [6.45, 7) is 19.7. The molecule has 14 nitrogen and oxygen atoms in total. The highest BCUT2D eigenvalue weighted by molar-refractivity contribution is 6.39. The second-order valence-corrected chi connectivity index (χ2v) is 19.1. The van der Waals surface area contributed by atoms with E-state index >= 15 is 9.59 Å². The van der Waals surface area contributed by atoms with Gasteiger partial charge in [0.1, 0.15) is 23.7 Å². The standard InChI is InChI=1S/C57H82N4O10/c1-8-15-26-64-36-39(37-65-27-16-9-2)59-61-56(62)51-49-42-24-22-40(67-29-18-11-4)33-44(42)58-53(49)54-50(52(51)57(61)63)43-25-23-41(68-30-19-12-5)34-45(43)60(54)48-35-46(69-31-20-13-6)55(70-32-21-14-7)47(71-48)38-66-28-17-10-3/h22-25,33-35,39,46-47,55,58-59H,8-21,26-32,36-38H2,1-7H3/t46-,47?,55?/m1/s1. The molecule has 0 fully saturated rings. The fourth-order valence-corrected chi connectivity index (χ4v) is 9.29. The molecule has 14 heteroatoms. The number of amides is 2. The van der Waals surface area contributed by atoms with Crippen LogP contribution in [0.3, 0.4) is 0 Å². The van der Waals surface area contributed by atoms with E-state index in [0.717, 1.165) is 112 Å². The maximum absolute atomic E-state index is 15.5. The lowest BCUT2D eigenvalue weighted by Crippen LogP contribution is -2.51. The number of carbonyl (C=O) groups is 2. The van der Waals surface area contributed by atoms with E-state index in [9.17, 15) is 0 Å². The van der Waals surface area contributed by atoms with E-state index in [1.807, 2.05) is 42.5 Å². The van der Waals surface area contributed by atoms with Crippen molar-refractivity contribution in [1.29, 1.82) is 0 Å². The fraction of sp³-hybridized carbons (Fsp3) is 0.614. The first kappa shape index (κ1) is 54.1. The number of fused-ring (bicyclic) bond motifs is 10. The second-order valence-electron chi connectivity index (χ2n) is 19.1. The molecule has 0 saturated heterocycles. The van der Waals surface area contributed by atoms with Gasteiger partial charge in [-0.05, 0) is 69.2 Å². The number of imide groups is 1. The molecule has 0 aliphatic carbocycles. The van der Waals surface area contributed by atoms with Crippen LogP contribution in [0.1, 0.15) is 159 Å². The molecule has 2 unspecified atom stereocenters. The number of aromatic nitrogens is 2. The first-order valence-electron chi connectivity index (χ1n) is 27.2. The number of carbonyl (C=O) groups excluding carboxylic acids is 2.